The molecule has 1 aliphatic heterocycles. The Morgan fingerprint density at radius 2 is 1.79 bits per heavy atom. The number of ether oxygens (including phenoxy) is 1. The molecule has 1 N–H and O–H groups in total. The second-order valence-corrected chi connectivity index (χ2v) is 14.4. The van der Waals surface area contributed by atoms with Crippen molar-refractivity contribution in [2.75, 3.05) is 13.2 Å². The fraction of sp³-hybridized carbons (Fsp3) is 0.647. The first-order chi connectivity index (χ1) is 18.4. The first-order valence-corrected chi connectivity index (χ1v) is 15.2. The van der Waals surface area contributed by atoms with Gasteiger partial charge in [-0.3, -0.25) is 4.79 Å². The monoisotopic (exact) mass is 532 g/mol. The van der Waals surface area contributed by atoms with Gasteiger partial charge in [0.15, 0.2) is 0 Å². The zero-order chi connectivity index (χ0) is 28.0. The summed E-state index contributed by atoms with van der Waals surface area (Å²) in [4.78, 5) is 24.7. The maximum absolute atomic E-state index is 13.5. The van der Waals surface area contributed by atoms with Crippen molar-refractivity contribution in [3.05, 3.63) is 40.6 Å². The summed E-state index contributed by atoms with van der Waals surface area (Å²) in [5.74, 6) is 1.70. The lowest BCUT2D eigenvalue weighted by atomic mass is 9.79. The number of carbonyl (C=O) groups excluding carboxylic acids is 2. The van der Waals surface area contributed by atoms with E-state index in [4.69, 9.17) is 4.74 Å². The molecule has 2 heterocycles. The number of amides is 1. The van der Waals surface area contributed by atoms with Gasteiger partial charge in [0.1, 0.15) is 12.0 Å². The topological polar surface area (TPSA) is 60.3 Å². The minimum atomic E-state index is -0.266. The van der Waals surface area contributed by atoms with Crippen LogP contribution in [0.1, 0.15) is 120 Å². The lowest BCUT2D eigenvalue weighted by Crippen LogP contribution is -2.34. The van der Waals surface area contributed by atoms with E-state index in [1.165, 1.54) is 61.6 Å². The molecule has 0 saturated heterocycles. The molecule has 1 amide bonds. The van der Waals surface area contributed by atoms with Gasteiger partial charge in [-0.1, -0.05) is 53.9 Å². The lowest BCUT2D eigenvalue weighted by Gasteiger charge is -2.33. The number of nitrogens with one attached hydrogen (secondary N) is 1. The van der Waals surface area contributed by atoms with E-state index in [2.05, 4.69) is 55.8 Å². The Morgan fingerprint density at radius 1 is 1.08 bits per heavy atom. The van der Waals surface area contributed by atoms with E-state index in [0.29, 0.717) is 18.9 Å². The number of hydrogen-bond acceptors (Lipinski definition) is 3. The van der Waals surface area contributed by atoms with Gasteiger partial charge in [-0.15, -0.1) is 0 Å². The number of carbonyl (C=O) groups is 2. The van der Waals surface area contributed by atoms with E-state index in [-0.39, 0.29) is 22.2 Å². The fourth-order valence-corrected chi connectivity index (χ4v) is 6.73. The number of benzene rings is 1. The zero-order valence-corrected chi connectivity index (χ0v) is 25.0. The molecule has 2 aromatic rings. The minimum Gasteiger partial charge on any atom is -0.493 e. The van der Waals surface area contributed by atoms with E-state index in [1.54, 1.807) is 0 Å². The van der Waals surface area contributed by atoms with Crippen LogP contribution >= 0.6 is 0 Å². The molecular weight excluding hydrogens is 484 g/mol. The van der Waals surface area contributed by atoms with Crippen molar-refractivity contribution >= 4 is 12.2 Å². The third-order valence-electron chi connectivity index (χ3n) is 9.58. The Balaban J connectivity index is 1.59. The molecule has 0 bridgehead atoms. The summed E-state index contributed by atoms with van der Waals surface area (Å²) in [5.41, 5.74) is 6.73. The van der Waals surface area contributed by atoms with Crippen LogP contribution in [0.5, 0.6) is 5.75 Å². The van der Waals surface area contributed by atoms with Crippen LogP contribution in [-0.4, -0.2) is 29.9 Å². The summed E-state index contributed by atoms with van der Waals surface area (Å²) in [6.45, 7) is 15.2. The van der Waals surface area contributed by atoms with Gasteiger partial charge in [0, 0.05) is 47.4 Å². The molecule has 0 unspecified atom stereocenters. The molecule has 39 heavy (non-hydrogen) atoms. The maximum Gasteiger partial charge on any atom is 0.253 e. The van der Waals surface area contributed by atoms with Crippen molar-refractivity contribution in [2.45, 2.75) is 117 Å². The first-order valence-electron chi connectivity index (χ1n) is 15.2. The Bertz CT molecular complexity index is 1220. The summed E-state index contributed by atoms with van der Waals surface area (Å²) >= 11 is 0. The van der Waals surface area contributed by atoms with Gasteiger partial charge in [-0.05, 0) is 79.5 Å². The van der Waals surface area contributed by atoms with Crippen molar-refractivity contribution in [1.82, 2.24) is 9.88 Å². The van der Waals surface area contributed by atoms with E-state index < -0.39 is 0 Å². The molecule has 2 fully saturated rings. The first kappa shape index (κ1) is 28.0. The molecule has 0 atom stereocenters. The highest BCUT2D eigenvalue weighted by atomic mass is 16.5. The van der Waals surface area contributed by atoms with Crippen molar-refractivity contribution < 1.29 is 14.3 Å². The SMILES string of the molecule is Cc1c(C(=O)NCC(C)(C)CC=O)cc(-c2cc(C(C)(C)C)c3c(c2)C2(CCO3)CC2)n1CC1CCCCC1. The third kappa shape index (κ3) is 5.69. The summed E-state index contributed by atoms with van der Waals surface area (Å²) in [7, 11) is 0. The molecule has 1 aromatic carbocycles. The molecule has 2 saturated carbocycles. The predicted octanol–water partition coefficient (Wildman–Crippen LogP) is 7.50. The molecule has 5 nitrogen and oxygen atoms in total. The summed E-state index contributed by atoms with van der Waals surface area (Å²) in [6.07, 6.45) is 11.4. The van der Waals surface area contributed by atoms with E-state index in [0.717, 1.165) is 48.6 Å². The van der Waals surface area contributed by atoms with Crippen LogP contribution in [0.4, 0.5) is 0 Å². The standard InChI is InChI=1S/C34H48N2O3/c1-23-26(31(38)35-22-33(5,6)14-16-37)20-29(36(23)21-24-10-8-7-9-11-24)25-18-27(32(2,3)4)30-28(19-25)34(12-13-34)15-17-39-30/h16,18-20,24H,7-15,17,21-22H2,1-6H3,(H,35,38). The Hall–Kier alpha value is -2.56. The Morgan fingerprint density at radius 3 is 2.44 bits per heavy atom. The van der Waals surface area contributed by atoms with Crippen molar-refractivity contribution in [3.63, 3.8) is 0 Å². The number of aldehydes is 1. The zero-order valence-electron chi connectivity index (χ0n) is 25.0. The smallest absolute Gasteiger partial charge is 0.253 e. The van der Waals surface area contributed by atoms with Crippen LogP contribution in [0.2, 0.25) is 0 Å². The van der Waals surface area contributed by atoms with Crippen LogP contribution in [0, 0.1) is 18.3 Å². The minimum absolute atomic E-state index is 0.0479. The van der Waals surface area contributed by atoms with Gasteiger partial charge < -0.3 is 19.4 Å². The number of nitrogens with zero attached hydrogens (tertiary/aromatic N) is 1. The average Bonchev–Trinajstić information content (AvgIpc) is 3.59. The van der Waals surface area contributed by atoms with Gasteiger partial charge in [-0.2, -0.15) is 0 Å². The van der Waals surface area contributed by atoms with E-state index in [9.17, 15) is 9.59 Å². The average molecular weight is 533 g/mol. The predicted molar refractivity (Wildman–Crippen MR) is 158 cm³/mol. The highest BCUT2D eigenvalue weighted by Crippen LogP contribution is 2.58. The Labute approximate surface area is 235 Å². The highest BCUT2D eigenvalue weighted by Gasteiger charge is 2.49. The number of hydrogen-bond donors (Lipinski definition) is 1. The number of fused-ring (bicyclic) bond motifs is 2. The number of aromatic nitrogens is 1. The van der Waals surface area contributed by atoms with Gasteiger partial charge in [0.05, 0.1) is 12.2 Å². The van der Waals surface area contributed by atoms with Crippen LogP contribution in [-0.2, 0) is 22.2 Å². The van der Waals surface area contributed by atoms with Gasteiger partial charge in [0.25, 0.3) is 5.91 Å². The molecule has 212 valence electrons. The van der Waals surface area contributed by atoms with Gasteiger partial charge >= 0.3 is 0 Å². The maximum atomic E-state index is 13.5. The lowest BCUT2D eigenvalue weighted by molar-refractivity contribution is -0.109. The van der Waals surface area contributed by atoms with Crippen LogP contribution < -0.4 is 10.1 Å². The molecular formula is C34H48N2O3. The van der Waals surface area contributed by atoms with Crippen LogP contribution in [0.3, 0.4) is 0 Å². The molecule has 1 spiro atoms. The number of rotatable bonds is 8. The van der Waals surface area contributed by atoms with Crippen molar-refractivity contribution in [3.8, 4) is 17.0 Å². The molecule has 1 aromatic heterocycles. The summed E-state index contributed by atoms with van der Waals surface area (Å²) < 4.78 is 8.78. The molecule has 0 radical (unpaired) electrons. The fourth-order valence-electron chi connectivity index (χ4n) is 6.73. The molecule has 3 aliphatic rings. The molecule has 2 aliphatic carbocycles. The van der Waals surface area contributed by atoms with E-state index >= 15 is 0 Å². The van der Waals surface area contributed by atoms with Crippen molar-refractivity contribution in [2.24, 2.45) is 11.3 Å². The van der Waals surface area contributed by atoms with Crippen molar-refractivity contribution in [1.29, 1.82) is 0 Å². The van der Waals surface area contributed by atoms with Gasteiger partial charge in [0.2, 0.25) is 0 Å². The van der Waals surface area contributed by atoms with Crippen LogP contribution in [0.15, 0.2) is 18.2 Å². The van der Waals surface area contributed by atoms with Crippen LogP contribution in [0.25, 0.3) is 11.3 Å². The summed E-state index contributed by atoms with van der Waals surface area (Å²) in [6, 6.07) is 6.84. The normalized spacial score (nSPS) is 18.9. The second-order valence-electron chi connectivity index (χ2n) is 14.4. The molecule has 5 heteroatoms. The van der Waals surface area contributed by atoms with E-state index in [1.807, 2.05) is 13.8 Å². The largest absolute Gasteiger partial charge is 0.493 e. The Kier molecular flexibility index (Phi) is 7.50. The summed E-state index contributed by atoms with van der Waals surface area (Å²) in [5, 5.41) is 3.14. The highest BCUT2D eigenvalue weighted by molar-refractivity contribution is 5.97. The quantitative estimate of drug-likeness (QED) is 0.358. The molecule has 5 rings (SSSR count). The van der Waals surface area contributed by atoms with Gasteiger partial charge in [-0.25, -0.2) is 0 Å². The second kappa shape index (κ2) is 10.4. The third-order valence-corrected chi connectivity index (χ3v) is 9.58.